The van der Waals surface area contributed by atoms with Gasteiger partial charge in [-0.2, -0.15) is 0 Å². The van der Waals surface area contributed by atoms with Crippen molar-refractivity contribution in [1.82, 2.24) is 9.88 Å². The van der Waals surface area contributed by atoms with Crippen LogP contribution in [0.2, 0.25) is 0 Å². The van der Waals surface area contributed by atoms with Gasteiger partial charge in [-0.15, -0.1) is 11.3 Å². The summed E-state index contributed by atoms with van der Waals surface area (Å²) in [6.45, 7) is 3.08. The van der Waals surface area contributed by atoms with Crippen LogP contribution < -0.4 is 10.5 Å². The van der Waals surface area contributed by atoms with Gasteiger partial charge < -0.3 is 10.5 Å². The second kappa shape index (κ2) is 6.94. The summed E-state index contributed by atoms with van der Waals surface area (Å²) >= 11 is 1.64. The molecular formula is C17H21N3OS. The van der Waals surface area contributed by atoms with E-state index in [4.69, 9.17) is 10.5 Å². The van der Waals surface area contributed by atoms with Crippen molar-refractivity contribution >= 4 is 22.5 Å². The van der Waals surface area contributed by atoms with E-state index in [1.54, 1.807) is 18.4 Å². The second-order valence-electron chi connectivity index (χ2n) is 5.40. The van der Waals surface area contributed by atoms with E-state index in [9.17, 15) is 0 Å². The third kappa shape index (κ3) is 3.67. The summed E-state index contributed by atoms with van der Waals surface area (Å²) < 4.78 is 5.17. The highest BCUT2D eigenvalue weighted by Gasteiger charge is 2.16. The van der Waals surface area contributed by atoms with Gasteiger partial charge >= 0.3 is 0 Å². The van der Waals surface area contributed by atoms with Gasteiger partial charge in [0.2, 0.25) is 0 Å². The maximum Gasteiger partial charge on any atom is 0.180 e. The molecule has 0 radical (unpaired) electrons. The van der Waals surface area contributed by atoms with Crippen molar-refractivity contribution in [2.75, 3.05) is 32.5 Å². The average Bonchev–Trinajstić information content (AvgIpc) is 2.80. The van der Waals surface area contributed by atoms with Gasteiger partial charge in [0.1, 0.15) is 5.75 Å². The summed E-state index contributed by atoms with van der Waals surface area (Å²) in [7, 11) is 1.69. The van der Waals surface area contributed by atoms with Crippen molar-refractivity contribution in [2.45, 2.75) is 12.8 Å². The van der Waals surface area contributed by atoms with Crippen LogP contribution in [0.1, 0.15) is 16.1 Å². The third-order valence-corrected chi connectivity index (χ3v) is 4.89. The minimum atomic E-state index is 0.706. The number of rotatable bonds is 4. The van der Waals surface area contributed by atoms with Crippen molar-refractivity contribution in [3.05, 3.63) is 46.5 Å². The number of aromatic nitrogens is 1. The molecule has 0 unspecified atom stereocenters. The quantitative estimate of drug-likeness (QED) is 0.942. The van der Waals surface area contributed by atoms with E-state index in [0.29, 0.717) is 5.13 Å². The fraction of sp³-hybridized carbons (Fsp3) is 0.353. The monoisotopic (exact) mass is 315 g/mol. The number of nitrogens with two attached hydrogens (primary N) is 1. The molecule has 4 nitrogen and oxygen atoms in total. The molecule has 3 rings (SSSR count). The molecule has 5 heteroatoms. The fourth-order valence-corrected chi connectivity index (χ4v) is 3.53. The molecule has 0 aliphatic carbocycles. The predicted molar refractivity (Wildman–Crippen MR) is 92.4 cm³/mol. The highest BCUT2D eigenvalue weighted by Crippen LogP contribution is 2.24. The maximum atomic E-state index is 5.78. The number of fused-ring (bicyclic) bond motifs is 1. The molecule has 0 bridgehead atoms. The lowest BCUT2D eigenvalue weighted by Gasteiger charge is -2.17. The zero-order chi connectivity index (χ0) is 15.4. The Hall–Kier alpha value is -1.85. The third-order valence-electron chi connectivity index (χ3n) is 3.90. The largest absolute Gasteiger partial charge is 0.497 e. The van der Waals surface area contributed by atoms with E-state index < -0.39 is 0 Å². The Morgan fingerprint density at radius 2 is 2.05 bits per heavy atom. The van der Waals surface area contributed by atoms with Crippen LogP contribution in [0.4, 0.5) is 5.13 Å². The van der Waals surface area contributed by atoms with Crippen LogP contribution in [0.15, 0.2) is 30.3 Å². The molecule has 0 atom stereocenters. The summed E-state index contributed by atoms with van der Waals surface area (Å²) in [5.74, 6) is 0.891. The van der Waals surface area contributed by atoms with Gasteiger partial charge in [0.05, 0.1) is 12.8 Å². The van der Waals surface area contributed by atoms with Gasteiger partial charge in [0, 0.05) is 30.9 Å². The zero-order valence-electron chi connectivity index (χ0n) is 12.8. The van der Waals surface area contributed by atoms with Crippen molar-refractivity contribution < 1.29 is 4.74 Å². The van der Waals surface area contributed by atoms with E-state index in [1.165, 1.54) is 16.1 Å². The topological polar surface area (TPSA) is 51.4 Å². The molecule has 116 valence electrons. The minimum absolute atomic E-state index is 0.706. The van der Waals surface area contributed by atoms with Crippen LogP contribution in [-0.4, -0.2) is 36.6 Å². The number of hydrogen-bond donors (Lipinski definition) is 1. The summed E-state index contributed by atoms with van der Waals surface area (Å²) in [6.07, 6.45) is 6.44. The molecule has 0 amide bonds. The Morgan fingerprint density at radius 3 is 2.82 bits per heavy atom. The Kier molecular flexibility index (Phi) is 4.75. The lowest BCUT2D eigenvalue weighted by atomic mass is 10.2. The number of anilines is 1. The summed E-state index contributed by atoms with van der Waals surface area (Å²) in [5.41, 5.74) is 8.18. The molecule has 1 aliphatic rings. The van der Waals surface area contributed by atoms with Gasteiger partial charge in [-0.05, 0) is 24.1 Å². The van der Waals surface area contributed by atoms with Crippen molar-refractivity contribution in [2.24, 2.45) is 0 Å². The van der Waals surface area contributed by atoms with Gasteiger partial charge in [0.25, 0.3) is 0 Å². The van der Waals surface area contributed by atoms with Crippen LogP contribution in [0.3, 0.4) is 0 Å². The van der Waals surface area contributed by atoms with Crippen LogP contribution in [0.5, 0.6) is 5.75 Å². The number of benzene rings is 1. The first-order valence-electron chi connectivity index (χ1n) is 7.51. The molecule has 2 N–H and O–H groups in total. The summed E-state index contributed by atoms with van der Waals surface area (Å²) in [6, 6.07) is 8.11. The first-order chi connectivity index (χ1) is 10.7. The van der Waals surface area contributed by atoms with Crippen LogP contribution >= 0.6 is 11.3 Å². The first-order valence-corrected chi connectivity index (χ1v) is 8.33. The Bertz CT molecular complexity index is 623. The molecule has 2 aromatic rings. The molecule has 0 saturated carbocycles. The highest BCUT2D eigenvalue weighted by molar-refractivity contribution is 7.15. The van der Waals surface area contributed by atoms with Crippen molar-refractivity contribution in [1.29, 1.82) is 0 Å². The van der Waals surface area contributed by atoms with E-state index in [0.717, 1.165) is 38.2 Å². The summed E-state index contributed by atoms with van der Waals surface area (Å²) in [4.78, 5) is 8.25. The Morgan fingerprint density at radius 1 is 1.27 bits per heavy atom. The zero-order valence-corrected chi connectivity index (χ0v) is 13.6. The maximum absolute atomic E-state index is 5.78. The number of ether oxygens (including phenoxy) is 1. The van der Waals surface area contributed by atoms with Crippen molar-refractivity contribution in [3.8, 4) is 5.75 Å². The first kappa shape index (κ1) is 15.1. The summed E-state index contributed by atoms with van der Waals surface area (Å²) in [5, 5.41) is 0.706. The van der Waals surface area contributed by atoms with Crippen LogP contribution in [-0.2, 0) is 12.8 Å². The molecule has 0 saturated heterocycles. The second-order valence-corrected chi connectivity index (χ2v) is 6.51. The van der Waals surface area contributed by atoms with E-state index in [2.05, 4.69) is 34.2 Å². The number of methoxy groups -OCH3 is 1. The van der Waals surface area contributed by atoms with Crippen LogP contribution in [0.25, 0.3) is 6.08 Å². The Labute approximate surface area is 135 Å². The predicted octanol–water partition coefficient (Wildman–Crippen LogP) is 2.85. The lowest BCUT2D eigenvalue weighted by Crippen LogP contribution is -2.26. The van der Waals surface area contributed by atoms with Crippen LogP contribution in [0, 0.1) is 0 Å². The van der Waals surface area contributed by atoms with Gasteiger partial charge in [0.15, 0.2) is 5.13 Å². The number of hydrogen-bond acceptors (Lipinski definition) is 5. The molecule has 1 aromatic heterocycles. The number of nitrogen functional groups attached to an aromatic ring is 1. The van der Waals surface area contributed by atoms with E-state index >= 15 is 0 Å². The Balaban J connectivity index is 1.53. The molecule has 22 heavy (non-hydrogen) atoms. The molecule has 0 fully saturated rings. The SMILES string of the molecule is COc1ccc(C=CCN2CCc3nc(N)sc3CC2)cc1. The normalized spacial score (nSPS) is 15.7. The number of nitrogens with zero attached hydrogens (tertiary/aromatic N) is 2. The smallest absolute Gasteiger partial charge is 0.180 e. The molecule has 2 heterocycles. The molecular weight excluding hydrogens is 294 g/mol. The van der Waals surface area contributed by atoms with Crippen molar-refractivity contribution in [3.63, 3.8) is 0 Å². The van der Waals surface area contributed by atoms with Gasteiger partial charge in [-0.1, -0.05) is 24.3 Å². The fourth-order valence-electron chi connectivity index (χ4n) is 2.66. The van der Waals surface area contributed by atoms with Gasteiger partial charge in [-0.25, -0.2) is 4.98 Å². The van der Waals surface area contributed by atoms with E-state index in [-0.39, 0.29) is 0 Å². The molecule has 0 spiro atoms. The minimum Gasteiger partial charge on any atom is -0.497 e. The standard InChI is InChI=1S/C17H21N3OS/c1-21-14-6-4-13(5-7-14)3-2-10-20-11-8-15-16(9-12-20)22-17(18)19-15/h2-7H,8-12H2,1H3,(H2,18,19). The molecule has 1 aromatic carbocycles. The highest BCUT2D eigenvalue weighted by atomic mass is 32.1. The lowest BCUT2D eigenvalue weighted by molar-refractivity contribution is 0.318. The average molecular weight is 315 g/mol. The van der Waals surface area contributed by atoms with Gasteiger partial charge in [-0.3, -0.25) is 4.90 Å². The van der Waals surface area contributed by atoms with E-state index in [1.807, 2.05) is 12.1 Å². The number of thiazole rings is 1. The molecule has 1 aliphatic heterocycles.